The molecule has 106 valence electrons. The maximum absolute atomic E-state index is 7.71. The second kappa shape index (κ2) is 5.29. The molecule has 0 bridgehead atoms. The Hall–Kier alpha value is -0.805. The Morgan fingerprint density at radius 3 is 2.37 bits per heavy atom. The van der Waals surface area contributed by atoms with Crippen LogP contribution >= 0.6 is 0 Å². The summed E-state index contributed by atoms with van der Waals surface area (Å²) in [5.41, 5.74) is 1.26. The Kier molecular flexibility index (Phi) is 4.07. The summed E-state index contributed by atoms with van der Waals surface area (Å²) in [5.74, 6) is 0. The monoisotopic (exact) mass is 264 g/mol. The first-order chi connectivity index (χ1) is 8.87. The van der Waals surface area contributed by atoms with Gasteiger partial charge < -0.3 is 20.0 Å². The highest BCUT2D eigenvalue weighted by molar-refractivity contribution is 6.60. The minimum absolute atomic E-state index is 0.350. The molecule has 0 aromatic carbocycles. The predicted molar refractivity (Wildman–Crippen MR) is 78.4 cm³/mol. The van der Waals surface area contributed by atoms with Gasteiger partial charge in [-0.15, -0.1) is 0 Å². The highest BCUT2D eigenvalue weighted by atomic mass is 16.7. The van der Waals surface area contributed by atoms with Gasteiger partial charge in [0.1, 0.15) is 0 Å². The van der Waals surface area contributed by atoms with E-state index in [0.717, 1.165) is 24.1 Å². The summed E-state index contributed by atoms with van der Waals surface area (Å²) in [6.07, 6.45) is 5.97. The predicted octanol–water partition coefficient (Wildman–Crippen LogP) is 2.69. The number of hydrogen-bond donors (Lipinski definition) is 2. The van der Waals surface area contributed by atoms with Gasteiger partial charge in [0, 0.05) is 23.9 Å². The van der Waals surface area contributed by atoms with E-state index in [4.69, 9.17) is 14.7 Å². The fourth-order valence-corrected chi connectivity index (χ4v) is 2.45. The zero-order valence-electron chi connectivity index (χ0n) is 12.5. The summed E-state index contributed by atoms with van der Waals surface area (Å²) in [6.45, 7) is 9.14. The van der Waals surface area contributed by atoms with Crippen LogP contribution in [-0.4, -0.2) is 31.1 Å². The molecule has 2 aliphatic rings. The third-order valence-electron chi connectivity index (χ3n) is 4.45. The second-order valence-corrected chi connectivity index (χ2v) is 6.40. The number of rotatable bonds is 2. The summed E-state index contributed by atoms with van der Waals surface area (Å²) in [6, 6.07) is 0. The van der Waals surface area contributed by atoms with Gasteiger partial charge in [0.15, 0.2) is 0 Å². The van der Waals surface area contributed by atoms with Crippen molar-refractivity contribution in [1.82, 2.24) is 5.32 Å². The van der Waals surface area contributed by atoms with Crippen molar-refractivity contribution in [2.75, 3.05) is 6.54 Å². The lowest BCUT2D eigenvalue weighted by Gasteiger charge is -2.32. The Bertz CT molecular complexity index is 365. The van der Waals surface area contributed by atoms with Gasteiger partial charge in [-0.05, 0) is 47.0 Å². The zero-order chi connectivity index (χ0) is 14.1. The molecule has 2 fully saturated rings. The van der Waals surface area contributed by atoms with E-state index in [0.29, 0.717) is 0 Å². The first-order valence-corrected chi connectivity index (χ1v) is 7.20. The summed E-state index contributed by atoms with van der Waals surface area (Å²) in [7, 11) is -0.428. The molecule has 0 saturated carbocycles. The number of hydrogen-bond acceptors (Lipinski definition) is 4. The molecule has 4 nitrogen and oxygen atoms in total. The van der Waals surface area contributed by atoms with Crippen molar-refractivity contribution in [3.63, 3.8) is 0 Å². The minimum atomic E-state index is -0.428. The molecule has 0 radical (unpaired) electrons. The van der Waals surface area contributed by atoms with Crippen molar-refractivity contribution < 1.29 is 9.31 Å². The fourth-order valence-electron chi connectivity index (χ4n) is 2.45. The van der Waals surface area contributed by atoms with Crippen molar-refractivity contribution in [3.05, 3.63) is 11.2 Å². The molecule has 19 heavy (non-hydrogen) atoms. The molecule has 2 N–H and O–H groups in total. The van der Waals surface area contributed by atoms with Crippen LogP contribution in [0.4, 0.5) is 0 Å². The molecule has 2 heterocycles. The lowest BCUT2D eigenvalue weighted by Crippen LogP contribution is -2.41. The molecule has 0 aliphatic carbocycles. The molecule has 0 aromatic rings. The molecule has 2 aliphatic heterocycles. The van der Waals surface area contributed by atoms with Crippen LogP contribution in [0.15, 0.2) is 11.2 Å². The molecular weight excluding hydrogens is 239 g/mol. The zero-order valence-corrected chi connectivity index (χ0v) is 12.5. The summed E-state index contributed by atoms with van der Waals surface area (Å²) in [4.78, 5) is 0. The van der Waals surface area contributed by atoms with Gasteiger partial charge in [0.25, 0.3) is 0 Å². The lowest BCUT2D eigenvalue weighted by molar-refractivity contribution is 0.00578. The van der Waals surface area contributed by atoms with Crippen LogP contribution in [0.3, 0.4) is 0 Å². The van der Waals surface area contributed by atoms with Crippen molar-refractivity contribution in [2.24, 2.45) is 0 Å². The molecule has 2 saturated heterocycles. The average Bonchev–Trinajstić information content (AvgIpc) is 2.51. The molecule has 5 heteroatoms. The second-order valence-electron chi connectivity index (χ2n) is 6.40. The van der Waals surface area contributed by atoms with E-state index >= 15 is 0 Å². The lowest BCUT2D eigenvalue weighted by atomic mass is 9.76. The van der Waals surface area contributed by atoms with Crippen LogP contribution in [0.2, 0.25) is 0 Å². The van der Waals surface area contributed by atoms with Crippen molar-refractivity contribution in [1.29, 1.82) is 5.41 Å². The van der Waals surface area contributed by atoms with Crippen LogP contribution in [0.5, 0.6) is 0 Å². The first kappa shape index (κ1) is 14.6. The Morgan fingerprint density at radius 2 is 1.79 bits per heavy atom. The van der Waals surface area contributed by atoms with E-state index in [2.05, 4.69) is 5.32 Å². The Balaban J connectivity index is 2.24. The Morgan fingerprint density at radius 1 is 1.16 bits per heavy atom. The Labute approximate surface area is 116 Å². The SMILES string of the molecule is CC1(C)OB(/C(C=N)=C2\CCCCCN2)OC1(C)C. The van der Waals surface area contributed by atoms with Gasteiger partial charge in [-0.1, -0.05) is 6.42 Å². The van der Waals surface area contributed by atoms with Crippen molar-refractivity contribution >= 4 is 13.3 Å². The fraction of sp³-hybridized carbons (Fsp3) is 0.786. The number of allylic oxidation sites excluding steroid dienone is 2. The highest BCUT2D eigenvalue weighted by Crippen LogP contribution is 2.38. The van der Waals surface area contributed by atoms with Crippen molar-refractivity contribution in [2.45, 2.75) is 64.6 Å². The first-order valence-electron chi connectivity index (χ1n) is 7.20. The molecular formula is C14H25BN2O2. The molecule has 0 aromatic heterocycles. The van der Waals surface area contributed by atoms with Gasteiger partial charge in [0.05, 0.1) is 11.2 Å². The molecule has 0 unspecified atom stereocenters. The van der Waals surface area contributed by atoms with Gasteiger partial charge in [-0.2, -0.15) is 0 Å². The topological polar surface area (TPSA) is 54.3 Å². The van der Waals surface area contributed by atoms with Crippen LogP contribution in [-0.2, 0) is 9.31 Å². The molecule has 0 spiro atoms. The van der Waals surface area contributed by atoms with Gasteiger partial charge in [-0.3, -0.25) is 0 Å². The summed E-state index contributed by atoms with van der Waals surface area (Å²) >= 11 is 0. The third-order valence-corrected chi connectivity index (χ3v) is 4.45. The smallest absolute Gasteiger partial charge is 0.399 e. The largest absolute Gasteiger partial charge is 0.498 e. The molecule has 0 atom stereocenters. The van der Waals surface area contributed by atoms with E-state index in [1.807, 2.05) is 27.7 Å². The molecule has 2 rings (SSSR count). The number of nitrogens with one attached hydrogen (secondary N) is 2. The van der Waals surface area contributed by atoms with Crippen LogP contribution in [0.1, 0.15) is 53.4 Å². The quantitative estimate of drug-likeness (QED) is 0.595. The van der Waals surface area contributed by atoms with E-state index in [9.17, 15) is 0 Å². The third kappa shape index (κ3) is 2.87. The standard InChI is InChI=1S/C14H25BN2O2/c1-13(2)14(3,4)19-15(18-13)11(10-16)12-8-6-5-7-9-17-12/h10,16-17H,5-9H2,1-4H3/b12-11+,16-10?. The van der Waals surface area contributed by atoms with Gasteiger partial charge in [-0.25, -0.2) is 0 Å². The van der Waals surface area contributed by atoms with Crippen LogP contribution in [0, 0.1) is 5.41 Å². The van der Waals surface area contributed by atoms with Crippen molar-refractivity contribution in [3.8, 4) is 0 Å². The van der Waals surface area contributed by atoms with Crippen LogP contribution < -0.4 is 5.32 Å². The van der Waals surface area contributed by atoms with Gasteiger partial charge in [0.2, 0.25) is 0 Å². The maximum Gasteiger partial charge on any atom is 0.498 e. The van der Waals surface area contributed by atoms with E-state index < -0.39 is 7.12 Å². The van der Waals surface area contributed by atoms with Crippen LogP contribution in [0.25, 0.3) is 0 Å². The molecule has 0 amide bonds. The average molecular weight is 264 g/mol. The highest BCUT2D eigenvalue weighted by Gasteiger charge is 2.52. The normalized spacial score (nSPS) is 28.5. The maximum atomic E-state index is 7.71. The van der Waals surface area contributed by atoms with Gasteiger partial charge >= 0.3 is 7.12 Å². The van der Waals surface area contributed by atoms with E-state index in [1.54, 1.807) is 0 Å². The van der Waals surface area contributed by atoms with E-state index in [-0.39, 0.29) is 11.2 Å². The summed E-state index contributed by atoms with van der Waals surface area (Å²) in [5, 5.41) is 11.1. The van der Waals surface area contributed by atoms with E-state index in [1.165, 1.54) is 25.5 Å². The summed E-state index contributed by atoms with van der Waals surface area (Å²) < 4.78 is 12.1. The minimum Gasteiger partial charge on any atom is -0.399 e.